The minimum Gasteiger partial charge on any atom is -0.463 e. The van der Waals surface area contributed by atoms with Gasteiger partial charge < -0.3 is 20.9 Å². The fourth-order valence-corrected chi connectivity index (χ4v) is 0.874. The molecule has 0 aliphatic heterocycles. The normalized spacial score (nSPS) is 11.5. The number of hydrogen-bond acceptors (Lipinski definition) is 5. The summed E-state index contributed by atoms with van der Waals surface area (Å²) in [5.41, 5.74) is 9.63. The molecule has 7 nitrogen and oxygen atoms in total. The molecule has 2 amide bonds. The zero-order chi connectivity index (χ0) is 11.8. The van der Waals surface area contributed by atoms with E-state index in [1.807, 2.05) is 0 Å². The van der Waals surface area contributed by atoms with E-state index in [-0.39, 0.29) is 19.4 Å². The molecule has 0 bridgehead atoms. The van der Waals surface area contributed by atoms with Gasteiger partial charge >= 0.3 is 12.1 Å². The Hall–Kier alpha value is -1.79. The summed E-state index contributed by atoms with van der Waals surface area (Å²) in [6.07, 6.45) is -2.39. The van der Waals surface area contributed by atoms with Gasteiger partial charge in [0.2, 0.25) is 12.0 Å². The molecule has 0 aromatic carbocycles. The smallest absolute Gasteiger partial charge is 0.405 e. The molecule has 0 saturated carbocycles. The number of primary amides is 2. The molecule has 1 atom stereocenters. The first-order chi connectivity index (χ1) is 6.97. The number of carbonyl (C=O) groups excluding carboxylic acids is 3. The molecular formula is C8H14N2O5. The van der Waals surface area contributed by atoms with Gasteiger partial charge in [-0.05, 0) is 6.92 Å². The zero-order valence-electron chi connectivity index (χ0n) is 8.39. The van der Waals surface area contributed by atoms with Crippen LogP contribution in [0.4, 0.5) is 4.79 Å². The van der Waals surface area contributed by atoms with Crippen molar-refractivity contribution in [3.05, 3.63) is 0 Å². The highest BCUT2D eigenvalue weighted by molar-refractivity contribution is 5.80. The van der Waals surface area contributed by atoms with Crippen molar-refractivity contribution in [1.82, 2.24) is 0 Å². The Morgan fingerprint density at radius 3 is 2.27 bits per heavy atom. The van der Waals surface area contributed by atoms with Crippen molar-refractivity contribution in [2.45, 2.75) is 25.9 Å². The van der Waals surface area contributed by atoms with Gasteiger partial charge in [0.1, 0.15) is 0 Å². The summed E-state index contributed by atoms with van der Waals surface area (Å²) in [6.45, 7) is 1.75. The van der Waals surface area contributed by atoms with Crippen molar-refractivity contribution in [3.63, 3.8) is 0 Å². The van der Waals surface area contributed by atoms with Crippen molar-refractivity contribution >= 4 is 18.0 Å². The molecule has 4 N–H and O–H groups in total. The van der Waals surface area contributed by atoms with Gasteiger partial charge in [0.05, 0.1) is 6.61 Å². The highest BCUT2D eigenvalue weighted by Crippen LogP contribution is 2.04. The number of esters is 1. The minimum atomic E-state index is -1.17. The molecule has 7 heteroatoms. The lowest BCUT2D eigenvalue weighted by Gasteiger charge is -2.13. The maximum absolute atomic E-state index is 11.2. The van der Waals surface area contributed by atoms with E-state index in [1.54, 1.807) is 6.92 Å². The van der Waals surface area contributed by atoms with Gasteiger partial charge in [0, 0.05) is 12.8 Å². The number of amides is 2. The van der Waals surface area contributed by atoms with E-state index in [4.69, 9.17) is 11.5 Å². The molecular weight excluding hydrogens is 204 g/mol. The predicted molar refractivity (Wildman–Crippen MR) is 49.5 cm³/mol. The summed E-state index contributed by atoms with van der Waals surface area (Å²) in [6, 6.07) is 0. The highest BCUT2D eigenvalue weighted by Gasteiger charge is 2.23. The van der Waals surface area contributed by atoms with E-state index >= 15 is 0 Å². The van der Waals surface area contributed by atoms with Crippen LogP contribution in [-0.4, -0.2) is 30.7 Å². The number of rotatable bonds is 6. The quantitative estimate of drug-likeness (QED) is 0.569. The van der Waals surface area contributed by atoms with Crippen LogP contribution in [0.5, 0.6) is 0 Å². The van der Waals surface area contributed by atoms with Crippen LogP contribution in [0.15, 0.2) is 0 Å². The summed E-state index contributed by atoms with van der Waals surface area (Å²) < 4.78 is 9.08. The molecule has 1 unspecified atom stereocenters. The summed E-state index contributed by atoms with van der Waals surface area (Å²) >= 11 is 0. The molecule has 0 fully saturated rings. The lowest BCUT2D eigenvalue weighted by atomic mass is 10.2. The molecule has 0 aromatic heterocycles. The Kier molecular flexibility index (Phi) is 5.84. The van der Waals surface area contributed by atoms with Crippen LogP contribution in [0.2, 0.25) is 0 Å². The number of nitrogens with two attached hydrogens (primary N) is 2. The largest absolute Gasteiger partial charge is 0.463 e. The van der Waals surface area contributed by atoms with Crippen LogP contribution in [0.3, 0.4) is 0 Å². The lowest BCUT2D eigenvalue weighted by molar-refractivity contribution is -0.153. The third-order valence-electron chi connectivity index (χ3n) is 1.46. The summed E-state index contributed by atoms with van der Waals surface area (Å²) in [4.78, 5) is 32.1. The van der Waals surface area contributed by atoms with Crippen LogP contribution in [0, 0.1) is 0 Å². The van der Waals surface area contributed by atoms with Crippen LogP contribution >= 0.6 is 0 Å². The molecule has 0 heterocycles. The second-order valence-corrected chi connectivity index (χ2v) is 2.68. The van der Waals surface area contributed by atoms with Crippen LogP contribution in [0.1, 0.15) is 19.8 Å². The van der Waals surface area contributed by atoms with E-state index < -0.39 is 24.1 Å². The fourth-order valence-electron chi connectivity index (χ4n) is 0.874. The predicted octanol–water partition coefficient (Wildman–Crippen LogP) is -0.721. The summed E-state index contributed by atoms with van der Waals surface area (Å²) in [7, 11) is 0. The van der Waals surface area contributed by atoms with Crippen LogP contribution in [0.25, 0.3) is 0 Å². The second-order valence-electron chi connectivity index (χ2n) is 2.68. The van der Waals surface area contributed by atoms with Crippen molar-refractivity contribution in [2.24, 2.45) is 11.5 Å². The van der Waals surface area contributed by atoms with E-state index in [1.165, 1.54) is 0 Å². The monoisotopic (exact) mass is 218 g/mol. The average Bonchev–Trinajstić information content (AvgIpc) is 2.11. The van der Waals surface area contributed by atoms with Crippen molar-refractivity contribution < 1.29 is 23.9 Å². The number of ether oxygens (including phenoxy) is 2. The van der Waals surface area contributed by atoms with E-state index in [2.05, 4.69) is 9.47 Å². The molecule has 0 aliphatic rings. The van der Waals surface area contributed by atoms with Gasteiger partial charge in [-0.3, -0.25) is 4.79 Å². The first-order valence-electron chi connectivity index (χ1n) is 4.38. The first kappa shape index (κ1) is 13.2. The molecule has 15 heavy (non-hydrogen) atoms. The van der Waals surface area contributed by atoms with Crippen LogP contribution < -0.4 is 11.5 Å². The Bertz CT molecular complexity index is 253. The van der Waals surface area contributed by atoms with Gasteiger partial charge in [-0.1, -0.05) is 0 Å². The van der Waals surface area contributed by atoms with Crippen molar-refractivity contribution in [3.8, 4) is 0 Å². The van der Waals surface area contributed by atoms with Gasteiger partial charge in [0.15, 0.2) is 0 Å². The highest BCUT2D eigenvalue weighted by atomic mass is 16.6. The maximum Gasteiger partial charge on any atom is 0.405 e. The standard InChI is InChI=1S/C8H14N2O5/c1-2-14-7(12)5(15-8(10)13)3-4-6(9)11/h5H,2-4H2,1H3,(H2,9,11)(H2,10,13). The Balaban J connectivity index is 4.23. The van der Waals surface area contributed by atoms with Gasteiger partial charge in [0.25, 0.3) is 0 Å². The molecule has 86 valence electrons. The number of carbonyl (C=O) groups is 3. The Morgan fingerprint density at radius 2 is 1.87 bits per heavy atom. The molecule has 0 rings (SSSR count). The zero-order valence-corrected chi connectivity index (χ0v) is 8.39. The van der Waals surface area contributed by atoms with E-state index in [9.17, 15) is 14.4 Å². The van der Waals surface area contributed by atoms with Gasteiger partial charge in [-0.25, -0.2) is 9.59 Å². The van der Waals surface area contributed by atoms with Crippen molar-refractivity contribution in [2.75, 3.05) is 6.61 Å². The summed E-state index contributed by atoms with van der Waals surface area (Å²) in [5, 5.41) is 0. The average molecular weight is 218 g/mol. The fraction of sp³-hybridized carbons (Fsp3) is 0.625. The maximum atomic E-state index is 11.2. The third-order valence-corrected chi connectivity index (χ3v) is 1.46. The molecule has 0 radical (unpaired) electrons. The molecule has 0 aliphatic carbocycles. The second kappa shape index (κ2) is 6.63. The SMILES string of the molecule is CCOC(=O)C(CCC(N)=O)OC(N)=O. The van der Waals surface area contributed by atoms with Crippen molar-refractivity contribution in [1.29, 1.82) is 0 Å². The minimum absolute atomic E-state index is 0.0306. The number of hydrogen-bond donors (Lipinski definition) is 2. The van der Waals surface area contributed by atoms with Gasteiger partial charge in [-0.15, -0.1) is 0 Å². The van der Waals surface area contributed by atoms with Crippen LogP contribution in [-0.2, 0) is 19.1 Å². The Labute approximate surface area is 86.7 Å². The molecule has 0 spiro atoms. The summed E-state index contributed by atoms with van der Waals surface area (Å²) in [5.74, 6) is -1.34. The van der Waals surface area contributed by atoms with E-state index in [0.29, 0.717) is 0 Å². The topological polar surface area (TPSA) is 122 Å². The molecule has 0 aromatic rings. The third kappa shape index (κ3) is 6.30. The first-order valence-corrected chi connectivity index (χ1v) is 4.38. The molecule has 0 saturated heterocycles. The Morgan fingerprint density at radius 1 is 1.27 bits per heavy atom. The van der Waals surface area contributed by atoms with Gasteiger partial charge in [-0.2, -0.15) is 0 Å². The lowest BCUT2D eigenvalue weighted by Crippen LogP contribution is -2.32. The van der Waals surface area contributed by atoms with E-state index in [0.717, 1.165) is 0 Å².